The summed E-state index contributed by atoms with van der Waals surface area (Å²) in [6.07, 6.45) is 4.07. The Bertz CT molecular complexity index is 573. The monoisotopic (exact) mass is 364 g/mol. The SMILES string of the molecule is CN(C)CCCOc1ccc(/C=N/NC(=O)CCCCC(=O)NO)cc1. The smallest absolute Gasteiger partial charge is 0.243 e. The summed E-state index contributed by atoms with van der Waals surface area (Å²) in [5, 5.41) is 12.3. The summed E-state index contributed by atoms with van der Waals surface area (Å²) in [5.74, 6) is 0.136. The van der Waals surface area contributed by atoms with Crippen LogP contribution in [0, 0.1) is 0 Å². The van der Waals surface area contributed by atoms with Crippen LogP contribution in [0.1, 0.15) is 37.7 Å². The first-order valence-corrected chi connectivity index (χ1v) is 8.63. The molecule has 0 bridgehead atoms. The molecule has 1 aromatic carbocycles. The number of hydrazone groups is 1. The van der Waals surface area contributed by atoms with Gasteiger partial charge in [-0.2, -0.15) is 5.10 Å². The van der Waals surface area contributed by atoms with Crippen LogP contribution in [0.2, 0.25) is 0 Å². The second-order valence-electron chi connectivity index (χ2n) is 6.11. The van der Waals surface area contributed by atoms with Crippen molar-refractivity contribution in [3.05, 3.63) is 29.8 Å². The number of nitrogens with one attached hydrogen (secondary N) is 2. The van der Waals surface area contributed by atoms with Gasteiger partial charge in [0.25, 0.3) is 0 Å². The van der Waals surface area contributed by atoms with Gasteiger partial charge in [-0.25, -0.2) is 10.9 Å². The van der Waals surface area contributed by atoms with Crippen LogP contribution < -0.4 is 15.6 Å². The molecule has 2 amide bonds. The van der Waals surface area contributed by atoms with Crippen molar-refractivity contribution in [2.75, 3.05) is 27.2 Å². The first-order chi connectivity index (χ1) is 12.5. The lowest BCUT2D eigenvalue weighted by Gasteiger charge is -2.10. The topological polar surface area (TPSA) is 103 Å². The van der Waals surface area contributed by atoms with Gasteiger partial charge in [0, 0.05) is 19.4 Å². The lowest BCUT2D eigenvalue weighted by Crippen LogP contribution is -2.19. The van der Waals surface area contributed by atoms with Gasteiger partial charge >= 0.3 is 0 Å². The molecule has 0 unspecified atom stereocenters. The van der Waals surface area contributed by atoms with E-state index >= 15 is 0 Å². The van der Waals surface area contributed by atoms with Gasteiger partial charge in [0.15, 0.2) is 0 Å². The summed E-state index contributed by atoms with van der Waals surface area (Å²) >= 11 is 0. The van der Waals surface area contributed by atoms with Crippen LogP contribution in [0.5, 0.6) is 5.75 Å². The van der Waals surface area contributed by atoms with E-state index in [9.17, 15) is 9.59 Å². The molecule has 0 radical (unpaired) electrons. The molecule has 1 aromatic rings. The standard InChI is InChI=1S/C18H28N4O4/c1-22(2)12-5-13-26-16-10-8-15(9-11-16)14-19-20-17(23)6-3-4-7-18(24)21-25/h8-11,14,25H,3-7,12-13H2,1-2H3,(H,20,23)(H,21,24)/b19-14+. The Hall–Kier alpha value is -2.45. The Morgan fingerprint density at radius 3 is 2.38 bits per heavy atom. The fourth-order valence-corrected chi connectivity index (χ4v) is 2.08. The van der Waals surface area contributed by atoms with Crippen LogP contribution >= 0.6 is 0 Å². The van der Waals surface area contributed by atoms with Gasteiger partial charge in [-0.3, -0.25) is 14.8 Å². The Kier molecular flexibility index (Phi) is 10.7. The summed E-state index contributed by atoms with van der Waals surface area (Å²) in [6.45, 7) is 1.65. The van der Waals surface area contributed by atoms with Crippen LogP contribution in [0.15, 0.2) is 29.4 Å². The largest absolute Gasteiger partial charge is 0.494 e. The second-order valence-corrected chi connectivity index (χ2v) is 6.11. The molecule has 8 heteroatoms. The molecule has 0 aliphatic carbocycles. The molecular formula is C18H28N4O4. The van der Waals surface area contributed by atoms with Gasteiger partial charge < -0.3 is 9.64 Å². The van der Waals surface area contributed by atoms with Crippen molar-refractivity contribution in [2.24, 2.45) is 5.10 Å². The molecule has 3 N–H and O–H groups in total. The van der Waals surface area contributed by atoms with Crippen LogP contribution in [0.4, 0.5) is 0 Å². The van der Waals surface area contributed by atoms with E-state index in [4.69, 9.17) is 9.94 Å². The third-order valence-corrected chi connectivity index (χ3v) is 3.48. The number of hydrogen-bond donors (Lipinski definition) is 3. The molecular weight excluding hydrogens is 336 g/mol. The molecule has 0 aromatic heterocycles. The van der Waals surface area contributed by atoms with Gasteiger partial charge in [-0.05, 0) is 63.2 Å². The summed E-state index contributed by atoms with van der Waals surface area (Å²) in [4.78, 5) is 24.5. The van der Waals surface area contributed by atoms with Gasteiger partial charge in [0.05, 0.1) is 12.8 Å². The Morgan fingerprint density at radius 1 is 1.12 bits per heavy atom. The van der Waals surface area contributed by atoms with E-state index in [0.29, 0.717) is 19.4 Å². The quantitative estimate of drug-likeness (QED) is 0.226. The van der Waals surface area contributed by atoms with E-state index in [1.54, 1.807) is 11.7 Å². The highest BCUT2D eigenvalue weighted by Gasteiger charge is 2.02. The normalized spacial score (nSPS) is 10.9. The number of hydroxylamine groups is 1. The molecule has 144 valence electrons. The van der Waals surface area contributed by atoms with Gasteiger partial charge in [0.1, 0.15) is 5.75 Å². The summed E-state index contributed by atoms with van der Waals surface area (Å²) < 4.78 is 5.65. The minimum Gasteiger partial charge on any atom is -0.494 e. The average molecular weight is 364 g/mol. The summed E-state index contributed by atoms with van der Waals surface area (Å²) in [6, 6.07) is 7.46. The maximum Gasteiger partial charge on any atom is 0.243 e. The number of carbonyl (C=O) groups excluding carboxylic acids is 2. The Balaban J connectivity index is 2.22. The van der Waals surface area contributed by atoms with Crippen molar-refractivity contribution in [2.45, 2.75) is 32.1 Å². The zero-order valence-electron chi connectivity index (χ0n) is 15.4. The van der Waals surface area contributed by atoms with E-state index in [2.05, 4.69) is 15.4 Å². The van der Waals surface area contributed by atoms with Gasteiger partial charge in [-0.1, -0.05) is 0 Å². The Morgan fingerprint density at radius 2 is 1.77 bits per heavy atom. The minimum absolute atomic E-state index is 0.191. The van der Waals surface area contributed by atoms with Crippen molar-refractivity contribution >= 4 is 18.0 Å². The van der Waals surface area contributed by atoms with E-state index in [-0.39, 0.29) is 18.7 Å². The molecule has 0 aliphatic rings. The zero-order chi connectivity index (χ0) is 19.2. The molecule has 26 heavy (non-hydrogen) atoms. The number of rotatable bonds is 12. The molecule has 0 aliphatic heterocycles. The molecule has 0 heterocycles. The second kappa shape index (κ2) is 12.8. The third-order valence-electron chi connectivity index (χ3n) is 3.48. The predicted octanol–water partition coefficient (Wildman–Crippen LogP) is 1.53. The van der Waals surface area contributed by atoms with Crippen LogP contribution in [0.3, 0.4) is 0 Å². The van der Waals surface area contributed by atoms with Gasteiger partial charge in [-0.15, -0.1) is 0 Å². The molecule has 1 rings (SSSR count). The predicted molar refractivity (Wildman–Crippen MR) is 99.2 cm³/mol. The highest BCUT2D eigenvalue weighted by atomic mass is 16.5. The van der Waals surface area contributed by atoms with Crippen LogP contribution in [-0.2, 0) is 9.59 Å². The fourth-order valence-electron chi connectivity index (χ4n) is 2.08. The number of ether oxygens (including phenoxy) is 1. The maximum absolute atomic E-state index is 11.6. The minimum atomic E-state index is -0.450. The van der Waals surface area contributed by atoms with Crippen molar-refractivity contribution in [1.29, 1.82) is 0 Å². The molecule has 0 spiro atoms. The van der Waals surface area contributed by atoms with E-state index < -0.39 is 5.91 Å². The van der Waals surface area contributed by atoms with E-state index in [1.165, 1.54) is 0 Å². The highest BCUT2D eigenvalue weighted by Crippen LogP contribution is 2.11. The Labute approximate surface area is 154 Å². The molecule has 0 saturated heterocycles. The first kappa shape index (κ1) is 21.6. The first-order valence-electron chi connectivity index (χ1n) is 8.63. The van der Waals surface area contributed by atoms with Crippen LogP contribution in [-0.4, -0.2) is 55.4 Å². The molecule has 0 atom stereocenters. The van der Waals surface area contributed by atoms with Crippen molar-refractivity contribution in [3.8, 4) is 5.75 Å². The number of nitrogens with zero attached hydrogens (tertiary/aromatic N) is 2. The summed E-state index contributed by atoms with van der Waals surface area (Å²) in [7, 11) is 4.06. The number of amides is 2. The van der Waals surface area contributed by atoms with Crippen molar-refractivity contribution in [1.82, 2.24) is 15.8 Å². The third kappa shape index (κ3) is 10.4. The van der Waals surface area contributed by atoms with Crippen LogP contribution in [0.25, 0.3) is 0 Å². The van der Waals surface area contributed by atoms with Crippen molar-refractivity contribution < 1.29 is 19.5 Å². The van der Waals surface area contributed by atoms with E-state index in [1.807, 2.05) is 38.4 Å². The van der Waals surface area contributed by atoms with Gasteiger partial charge in [0.2, 0.25) is 11.8 Å². The number of hydrogen-bond acceptors (Lipinski definition) is 6. The molecule has 0 saturated carbocycles. The fraction of sp³-hybridized carbons (Fsp3) is 0.500. The highest BCUT2D eigenvalue weighted by molar-refractivity contribution is 5.82. The number of unbranched alkanes of at least 4 members (excludes halogenated alkanes) is 1. The number of carbonyl (C=O) groups is 2. The average Bonchev–Trinajstić information content (AvgIpc) is 2.63. The number of benzene rings is 1. The lowest BCUT2D eigenvalue weighted by molar-refractivity contribution is -0.129. The molecule has 0 fully saturated rings. The lowest BCUT2D eigenvalue weighted by atomic mass is 10.2. The maximum atomic E-state index is 11.6. The summed E-state index contributed by atoms with van der Waals surface area (Å²) in [5.41, 5.74) is 4.85. The van der Waals surface area contributed by atoms with E-state index in [0.717, 1.165) is 24.3 Å². The molecule has 8 nitrogen and oxygen atoms in total. The zero-order valence-corrected chi connectivity index (χ0v) is 15.4. The van der Waals surface area contributed by atoms with Crippen molar-refractivity contribution in [3.63, 3.8) is 0 Å².